The highest BCUT2D eigenvalue weighted by Gasteiger charge is 2.20. The molecule has 0 aliphatic carbocycles. The average molecular weight is 274 g/mol. The molecule has 0 amide bonds. The van der Waals surface area contributed by atoms with Gasteiger partial charge in [0.15, 0.2) is 0 Å². The summed E-state index contributed by atoms with van der Waals surface area (Å²) >= 11 is 0. The molecule has 3 heteroatoms. The van der Waals surface area contributed by atoms with Crippen LogP contribution in [0.5, 0.6) is 5.75 Å². The molecule has 2 aliphatic heterocycles. The fraction of sp³-hybridized carbons (Fsp3) is 0.647. The Morgan fingerprint density at radius 1 is 1.25 bits per heavy atom. The Kier molecular flexibility index (Phi) is 4.58. The molecule has 0 radical (unpaired) electrons. The van der Waals surface area contributed by atoms with Gasteiger partial charge in [-0.15, -0.1) is 0 Å². The van der Waals surface area contributed by atoms with Crippen molar-refractivity contribution in [3.8, 4) is 5.75 Å². The summed E-state index contributed by atoms with van der Waals surface area (Å²) in [6, 6.07) is 6.97. The number of para-hydroxylation sites is 1. The van der Waals surface area contributed by atoms with Gasteiger partial charge in [-0.05, 0) is 51.3 Å². The van der Waals surface area contributed by atoms with E-state index in [-0.39, 0.29) is 0 Å². The molecule has 1 fully saturated rings. The van der Waals surface area contributed by atoms with Gasteiger partial charge in [-0.1, -0.05) is 18.2 Å². The molecule has 1 N–H and O–H groups in total. The topological polar surface area (TPSA) is 24.5 Å². The van der Waals surface area contributed by atoms with Gasteiger partial charge >= 0.3 is 0 Å². The van der Waals surface area contributed by atoms with Crippen molar-refractivity contribution >= 4 is 0 Å². The molecule has 1 aromatic rings. The number of ether oxygens (including phenoxy) is 1. The molecule has 0 bridgehead atoms. The van der Waals surface area contributed by atoms with Crippen LogP contribution in [-0.2, 0) is 0 Å². The van der Waals surface area contributed by atoms with Crippen LogP contribution in [0.2, 0.25) is 0 Å². The van der Waals surface area contributed by atoms with E-state index >= 15 is 0 Å². The predicted octanol–water partition coefficient (Wildman–Crippen LogP) is 2.89. The zero-order chi connectivity index (χ0) is 13.8. The summed E-state index contributed by atoms with van der Waals surface area (Å²) in [7, 11) is 0. The van der Waals surface area contributed by atoms with Gasteiger partial charge in [0.25, 0.3) is 0 Å². The Morgan fingerprint density at radius 2 is 2.10 bits per heavy atom. The van der Waals surface area contributed by atoms with E-state index in [9.17, 15) is 0 Å². The van der Waals surface area contributed by atoms with Gasteiger partial charge in [-0.3, -0.25) is 0 Å². The fourth-order valence-corrected chi connectivity index (χ4v) is 3.38. The molecule has 1 saturated heterocycles. The largest absolute Gasteiger partial charge is 0.493 e. The Balaban J connectivity index is 1.62. The van der Waals surface area contributed by atoms with Crippen LogP contribution in [0, 0.1) is 6.92 Å². The molecule has 0 spiro atoms. The van der Waals surface area contributed by atoms with E-state index in [0.29, 0.717) is 6.04 Å². The number of hydrogen-bond donors (Lipinski definition) is 1. The number of fused-ring (bicyclic) bond motifs is 1. The molecule has 0 aromatic heterocycles. The van der Waals surface area contributed by atoms with Crippen molar-refractivity contribution in [3.63, 3.8) is 0 Å². The number of hydrogen-bond acceptors (Lipinski definition) is 3. The van der Waals surface area contributed by atoms with Crippen molar-refractivity contribution in [2.75, 3.05) is 32.8 Å². The molecule has 1 unspecified atom stereocenters. The lowest BCUT2D eigenvalue weighted by Gasteiger charge is -2.21. The molecule has 3 nitrogen and oxygen atoms in total. The van der Waals surface area contributed by atoms with Crippen molar-refractivity contribution in [2.24, 2.45) is 0 Å². The maximum absolute atomic E-state index is 5.94. The fourth-order valence-electron chi connectivity index (χ4n) is 3.38. The quantitative estimate of drug-likeness (QED) is 0.913. The summed E-state index contributed by atoms with van der Waals surface area (Å²) in [5, 5.41) is 3.75. The maximum Gasteiger partial charge on any atom is 0.126 e. The van der Waals surface area contributed by atoms with Crippen LogP contribution < -0.4 is 10.1 Å². The normalized spacial score (nSPS) is 23.1. The zero-order valence-corrected chi connectivity index (χ0v) is 12.5. The van der Waals surface area contributed by atoms with Gasteiger partial charge in [-0.25, -0.2) is 0 Å². The van der Waals surface area contributed by atoms with Gasteiger partial charge < -0.3 is 15.0 Å². The number of nitrogens with zero attached hydrogens (tertiary/aromatic N) is 1. The smallest absolute Gasteiger partial charge is 0.126 e. The first-order valence-electron chi connectivity index (χ1n) is 8.02. The van der Waals surface area contributed by atoms with E-state index in [0.717, 1.165) is 25.3 Å². The highest BCUT2D eigenvalue weighted by atomic mass is 16.5. The summed E-state index contributed by atoms with van der Waals surface area (Å²) in [6.07, 6.45) is 5.06. The number of benzene rings is 1. The van der Waals surface area contributed by atoms with E-state index in [4.69, 9.17) is 4.74 Å². The Hall–Kier alpha value is -1.06. The SMILES string of the molecule is Cc1cccc2c1OCCCC2NCCN1CCCC1. The van der Waals surface area contributed by atoms with Crippen molar-refractivity contribution in [3.05, 3.63) is 29.3 Å². The minimum absolute atomic E-state index is 0.454. The second-order valence-corrected chi connectivity index (χ2v) is 6.04. The van der Waals surface area contributed by atoms with Gasteiger partial charge in [0.1, 0.15) is 5.75 Å². The van der Waals surface area contributed by atoms with E-state index < -0.39 is 0 Å². The third kappa shape index (κ3) is 3.15. The van der Waals surface area contributed by atoms with Gasteiger partial charge in [-0.2, -0.15) is 0 Å². The highest BCUT2D eigenvalue weighted by Crippen LogP contribution is 2.33. The summed E-state index contributed by atoms with van der Waals surface area (Å²) in [4.78, 5) is 2.57. The van der Waals surface area contributed by atoms with Gasteiger partial charge in [0.05, 0.1) is 6.61 Å². The van der Waals surface area contributed by atoms with E-state index in [1.54, 1.807) is 0 Å². The Bertz CT molecular complexity index is 441. The second-order valence-electron chi connectivity index (χ2n) is 6.04. The van der Waals surface area contributed by atoms with Crippen molar-refractivity contribution in [1.29, 1.82) is 0 Å². The molecule has 20 heavy (non-hydrogen) atoms. The van der Waals surface area contributed by atoms with E-state index in [1.165, 1.54) is 50.0 Å². The molecule has 1 aromatic carbocycles. The summed E-state index contributed by atoms with van der Waals surface area (Å²) < 4.78 is 5.94. The first kappa shape index (κ1) is 13.9. The van der Waals surface area contributed by atoms with Crippen LogP contribution in [0.3, 0.4) is 0 Å². The van der Waals surface area contributed by atoms with Crippen LogP contribution in [0.25, 0.3) is 0 Å². The molecular weight excluding hydrogens is 248 g/mol. The molecule has 110 valence electrons. The third-order valence-electron chi connectivity index (χ3n) is 4.52. The number of nitrogens with one attached hydrogen (secondary N) is 1. The maximum atomic E-state index is 5.94. The van der Waals surface area contributed by atoms with Crippen LogP contribution >= 0.6 is 0 Å². The average Bonchev–Trinajstić information content (AvgIpc) is 2.87. The molecular formula is C17H26N2O. The van der Waals surface area contributed by atoms with E-state index in [2.05, 4.69) is 35.3 Å². The van der Waals surface area contributed by atoms with Crippen LogP contribution in [0.4, 0.5) is 0 Å². The zero-order valence-electron chi connectivity index (χ0n) is 12.5. The number of rotatable bonds is 4. The predicted molar refractivity (Wildman–Crippen MR) is 82.3 cm³/mol. The van der Waals surface area contributed by atoms with Crippen molar-refractivity contribution < 1.29 is 4.74 Å². The Labute approximate surface area is 122 Å². The van der Waals surface area contributed by atoms with Crippen molar-refractivity contribution in [2.45, 2.75) is 38.6 Å². The standard InChI is InChI=1S/C17H26N2O/c1-14-6-4-7-15-16(8-5-13-20-17(14)15)18-9-12-19-10-2-3-11-19/h4,6-7,16,18H,2-3,5,8-13H2,1H3. The summed E-state index contributed by atoms with van der Waals surface area (Å²) in [5.41, 5.74) is 2.61. The minimum atomic E-state index is 0.454. The monoisotopic (exact) mass is 274 g/mol. The van der Waals surface area contributed by atoms with Crippen molar-refractivity contribution in [1.82, 2.24) is 10.2 Å². The minimum Gasteiger partial charge on any atom is -0.493 e. The first-order chi connectivity index (χ1) is 9.84. The van der Waals surface area contributed by atoms with E-state index in [1.807, 2.05) is 0 Å². The van der Waals surface area contributed by atoms with Crippen LogP contribution in [0.15, 0.2) is 18.2 Å². The molecule has 2 aliphatic rings. The lowest BCUT2D eigenvalue weighted by atomic mass is 10.00. The lowest BCUT2D eigenvalue weighted by molar-refractivity contribution is 0.310. The molecule has 0 saturated carbocycles. The molecule has 3 rings (SSSR count). The van der Waals surface area contributed by atoms with Crippen LogP contribution in [-0.4, -0.2) is 37.7 Å². The molecule has 1 atom stereocenters. The van der Waals surface area contributed by atoms with Gasteiger partial charge in [0.2, 0.25) is 0 Å². The Morgan fingerprint density at radius 3 is 2.95 bits per heavy atom. The number of likely N-dealkylation sites (tertiary alicyclic amines) is 1. The first-order valence-corrected chi connectivity index (χ1v) is 8.02. The number of aryl methyl sites for hydroxylation is 1. The van der Waals surface area contributed by atoms with Crippen LogP contribution in [0.1, 0.15) is 42.9 Å². The summed E-state index contributed by atoms with van der Waals surface area (Å²) in [6.45, 7) is 7.82. The summed E-state index contributed by atoms with van der Waals surface area (Å²) in [5.74, 6) is 1.11. The highest BCUT2D eigenvalue weighted by molar-refractivity contribution is 5.43. The lowest BCUT2D eigenvalue weighted by Crippen LogP contribution is -2.32. The van der Waals surface area contributed by atoms with Gasteiger partial charge in [0, 0.05) is 24.7 Å². The third-order valence-corrected chi connectivity index (χ3v) is 4.52. The molecule has 2 heterocycles. The second kappa shape index (κ2) is 6.59.